The van der Waals surface area contributed by atoms with Gasteiger partial charge in [0.1, 0.15) is 18.3 Å². The number of para-hydroxylation sites is 1. The molecule has 0 aliphatic carbocycles. The molecule has 2 atom stereocenters. The van der Waals surface area contributed by atoms with E-state index in [0.717, 1.165) is 0 Å². The fourth-order valence-corrected chi connectivity index (χ4v) is 2.27. The maximum absolute atomic E-state index is 12.1. The van der Waals surface area contributed by atoms with Crippen LogP contribution in [0.4, 0.5) is 0 Å². The Morgan fingerprint density at radius 3 is 2.71 bits per heavy atom. The van der Waals surface area contributed by atoms with E-state index >= 15 is 0 Å². The fraction of sp³-hybridized carbons (Fsp3) is 0.400. The van der Waals surface area contributed by atoms with Gasteiger partial charge in [-0.2, -0.15) is 0 Å². The van der Waals surface area contributed by atoms with Crippen LogP contribution in [0.2, 0.25) is 0 Å². The minimum atomic E-state index is -0.985. The molecular formula is C15H16O6. The maximum Gasteiger partial charge on any atom is 0.313 e. The number of carbonyl (C=O) groups excluding carboxylic acids is 3. The third kappa shape index (κ3) is 3.28. The van der Waals surface area contributed by atoms with Gasteiger partial charge in [0.25, 0.3) is 0 Å². The number of benzene rings is 1. The van der Waals surface area contributed by atoms with E-state index in [4.69, 9.17) is 9.47 Å². The Hall–Kier alpha value is -2.21. The number of ketones is 2. The molecule has 0 amide bonds. The molecule has 1 aromatic rings. The Kier molecular flexibility index (Phi) is 4.70. The molecule has 0 saturated carbocycles. The quantitative estimate of drug-likeness (QED) is 0.598. The number of methoxy groups -OCH3 is 2. The summed E-state index contributed by atoms with van der Waals surface area (Å²) >= 11 is 0. The van der Waals surface area contributed by atoms with Crippen molar-refractivity contribution in [1.29, 1.82) is 0 Å². The highest BCUT2D eigenvalue weighted by molar-refractivity contribution is 6.02. The Labute approximate surface area is 122 Å². The Morgan fingerprint density at radius 1 is 1.33 bits per heavy atom. The summed E-state index contributed by atoms with van der Waals surface area (Å²) in [6, 6.07) is 6.83. The van der Waals surface area contributed by atoms with Crippen LogP contribution < -0.4 is 4.74 Å². The van der Waals surface area contributed by atoms with Crippen molar-refractivity contribution in [3.63, 3.8) is 0 Å². The standard InChI is InChI=1S/C15H16O6/c1-19-14(18)8-11(17)15(20-2)13-7-10(16)9-5-3-4-6-12(9)21-13/h3-6,13,15H,7-8H2,1-2H3. The summed E-state index contributed by atoms with van der Waals surface area (Å²) in [7, 11) is 2.54. The average molecular weight is 292 g/mol. The number of ether oxygens (including phenoxy) is 3. The Bertz CT molecular complexity index is 565. The molecule has 6 nitrogen and oxygen atoms in total. The Morgan fingerprint density at radius 2 is 2.05 bits per heavy atom. The van der Waals surface area contributed by atoms with Crippen molar-refractivity contribution in [2.24, 2.45) is 0 Å². The van der Waals surface area contributed by atoms with Crippen molar-refractivity contribution < 1.29 is 28.6 Å². The highest BCUT2D eigenvalue weighted by atomic mass is 16.5. The van der Waals surface area contributed by atoms with Crippen LogP contribution in [0.25, 0.3) is 0 Å². The molecule has 1 heterocycles. The summed E-state index contributed by atoms with van der Waals surface area (Å²) in [5.74, 6) is -0.812. The number of Topliss-reactive ketones (excluding diaryl/α,β-unsaturated/α-hetero) is 2. The molecule has 0 N–H and O–H groups in total. The van der Waals surface area contributed by atoms with Crippen molar-refractivity contribution in [3.8, 4) is 5.75 Å². The molecule has 0 aromatic heterocycles. The number of fused-ring (bicyclic) bond motifs is 1. The highest BCUT2D eigenvalue weighted by Crippen LogP contribution is 2.29. The van der Waals surface area contributed by atoms with E-state index in [0.29, 0.717) is 11.3 Å². The van der Waals surface area contributed by atoms with Crippen molar-refractivity contribution in [2.45, 2.75) is 25.0 Å². The van der Waals surface area contributed by atoms with Gasteiger partial charge in [-0.3, -0.25) is 14.4 Å². The van der Waals surface area contributed by atoms with Gasteiger partial charge in [0.05, 0.1) is 19.1 Å². The summed E-state index contributed by atoms with van der Waals surface area (Å²) in [4.78, 5) is 35.3. The second-order valence-electron chi connectivity index (χ2n) is 4.66. The van der Waals surface area contributed by atoms with E-state index in [9.17, 15) is 14.4 Å². The molecule has 1 aliphatic rings. The second kappa shape index (κ2) is 6.49. The molecule has 6 heteroatoms. The van der Waals surface area contributed by atoms with Crippen LogP contribution in [-0.2, 0) is 19.1 Å². The molecule has 1 aliphatic heterocycles. The van der Waals surface area contributed by atoms with Crippen molar-refractivity contribution >= 4 is 17.5 Å². The van der Waals surface area contributed by atoms with E-state index in [-0.39, 0.29) is 12.2 Å². The van der Waals surface area contributed by atoms with E-state index in [1.165, 1.54) is 14.2 Å². The van der Waals surface area contributed by atoms with Gasteiger partial charge in [-0.1, -0.05) is 12.1 Å². The molecule has 1 aromatic carbocycles. The Balaban J connectivity index is 2.16. The van der Waals surface area contributed by atoms with Crippen molar-refractivity contribution in [1.82, 2.24) is 0 Å². The van der Waals surface area contributed by atoms with Crippen LogP contribution in [0, 0.1) is 0 Å². The molecule has 0 radical (unpaired) electrons. The number of esters is 1. The minimum absolute atomic E-state index is 0.0302. The maximum atomic E-state index is 12.1. The third-order valence-electron chi connectivity index (χ3n) is 3.31. The predicted molar refractivity (Wildman–Crippen MR) is 72.2 cm³/mol. The number of rotatable bonds is 5. The lowest BCUT2D eigenvalue weighted by molar-refractivity contribution is -0.147. The molecule has 21 heavy (non-hydrogen) atoms. The zero-order valence-corrected chi connectivity index (χ0v) is 11.8. The lowest BCUT2D eigenvalue weighted by Gasteiger charge is -2.29. The van der Waals surface area contributed by atoms with Crippen molar-refractivity contribution in [2.75, 3.05) is 14.2 Å². The summed E-state index contributed by atoms with van der Waals surface area (Å²) < 4.78 is 15.3. The number of hydrogen-bond donors (Lipinski definition) is 0. The van der Waals surface area contributed by atoms with Gasteiger partial charge >= 0.3 is 5.97 Å². The van der Waals surface area contributed by atoms with Gasteiger partial charge in [0, 0.05) is 7.11 Å². The molecule has 112 valence electrons. The summed E-state index contributed by atoms with van der Waals surface area (Å²) in [5.41, 5.74) is 0.490. The predicted octanol–water partition coefficient (Wildman–Crippen LogP) is 1.17. The second-order valence-corrected chi connectivity index (χ2v) is 4.66. The van der Waals surface area contributed by atoms with E-state index in [1.807, 2.05) is 0 Å². The third-order valence-corrected chi connectivity index (χ3v) is 3.31. The van der Waals surface area contributed by atoms with Gasteiger partial charge in [0.2, 0.25) is 0 Å². The van der Waals surface area contributed by atoms with Crippen LogP contribution >= 0.6 is 0 Å². The average Bonchev–Trinajstić information content (AvgIpc) is 2.48. The zero-order chi connectivity index (χ0) is 15.4. The normalized spacial score (nSPS) is 18.4. The SMILES string of the molecule is COC(=O)CC(=O)C(OC)C1CC(=O)c2ccccc2O1. The fourth-order valence-electron chi connectivity index (χ4n) is 2.27. The van der Waals surface area contributed by atoms with Crippen LogP contribution in [0.15, 0.2) is 24.3 Å². The molecule has 2 unspecified atom stereocenters. The zero-order valence-electron chi connectivity index (χ0n) is 11.8. The monoisotopic (exact) mass is 292 g/mol. The summed E-state index contributed by atoms with van der Waals surface area (Å²) in [6.45, 7) is 0. The summed E-state index contributed by atoms with van der Waals surface area (Å²) in [6.07, 6.45) is -2.11. The van der Waals surface area contributed by atoms with Gasteiger partial charge in [-0.25, -0.2) is 0 Å². The minimum Gasteiger partial charge on any atom is -0.486 e. The number of carbonyl (C=O) groups is 3. The first-order valence-corrected chi connectivity index (χ1v) is 6.48. The molecule has 0 saturated heterocycles. The lowest BCUT2D eigenvalue weighted by Crippen LogP contribution is -2.44. The van der Waals surface area contributed by atoms with Gasteiger partial charge < -0.3 is 14.2 Å². The molecule has 2 rings (SSSR count). The molecule has 0 bridgehead atoms. The summed E-state index contributed by atoms with van der Waals surface area (Å²) in [5, 5.41) is 0. The topological polar surface area (TPSA) is 78.9 Å². The van der Waals surface area contributed by atoms with Crippen LogP contribution in [0.5, 0.6) is 5.75 Å². The van der Waals surface area contributed by atoms with E-state index in [2.05, 4.69) is 4.74 Å². The van der Waals surface area contributed by atoms with E-state index < -0.39 is 30.4 Å². The van der Waals surface area contributed by atoms with Crippen molar-refractivity contribution in [3.05, 3.63) is 29.8 Å². The van der Waals surface area contributed by atoms with Crippen LogP contribution in [-0.4, -0.2) is 44.0 Å². The first kappa shape index (κ1) is 15.2. The molecule has 0 fully saturated rings. The molecular weight excluding hydrogens is 276 g/mol. The van der Waals surface area contributed by atoms with Gasteiger partial charge in [-0.05, 0) is 12.1 Å². The van der Waals surface area contributed by atoms with Crippen LogP contribution in [0.1, 0.15) is 23.2 Å². The van der Waals surface area contributed by atoms with Crippen LogP contribution in [0.3, 0.4) is 0 Å². The first-order chi connectivity index (χ1) is 10.1. The van der Waals surface area contributed by atoms with E-state index in [1.54, 1.807) is 24.3 Å². The molecule has 0 spiro atoms. The smallest absolute Gasteiger partial charge is 0.313 e. The lowest BCUT2D eigenvalue weighted by atomic mass is 9.95. The first-order valence-electron chi connectivity index (χ1n) is 6.48. The number of hydrogen-bond acceptors (Lipinski definition) is 6. The largest absolute Gasteiger partial charge is 0.486 e. The van der Waals surface area contributed by atoms with Gasteiger partial charge in [0.15, 0.2) is 17.7 Å². The highest BCUT2D eigenvalue weighted by Gasteiger charge is 2.36. The van der Waals surface area contributed by atoms with Gasteiger partial charge in [-0.15, -0.1) is 0 Å².